The molecule has 1 saturated heterocycles. The minimum absolute atomic E-state index is 0.0728. The zero-order chi connectivity index (χ0) is 15.6. The van der Waals surface area contributed by atoms with E-state index in [0.717, 1.165) is 19.4 Å². The summed E-state index contributed by atoms with van der Waals surface area (Å²) in [4.78, 5) is 13.5. The van der Waals surface area contributed by atoms with Gasteiger partial charge in [0.2, 0.25) is 5.91 Å². The normalized spacial score (nSPS) is 28.9. The summed E-state index contributed by atoms with van der Waals surface area (Å²) in [7, 11) is 0. The van der Waals surface area contributed by atoms with Gasteiger partial charge in [-0.15, -0.1) is 10.2 Å². The van der Waals surface area contributed by atoms with Crippen molar-refractivity contribution in [1.82, 2.24) is 25.5 Å². The van der Waals surface area contributed by atoms with Crippen molar-refractivity contribution in [1.29, 1.82) is 0 Å². The first-order chi connectivity index (χ1) is 11.3. The number of aromatic nitrogens is 4. The minimum Gasteiger partial charge on any atom is -0.377 e. The summed E-state index contributed by atoms with van der Waals surface area (Å²) < 4.78 is 5.86. The number of hydrogen-bond acceptors (Lipinski definition) is 5. The standard InChI is InChI=1S/C16H19N5O2/c22-14(9-21-18-10-17-20-21)19-15-12-6-7-23-16(12)13(15)8-11-4-2-1-3-5-11/h1-5,10,12-13,15-16H,6-9H2,(H,19,22)/t12-,13+,15-,16-/m1/s1. The predicted octanol–water partition coefficient (Wildman–Crippen LogP) is 0.436. The molecule has 1 saturated carbocycles. The van der Waals surface area contributed by atoms with Crippen LogP contribution in [-0.2, 0) is 22.5 Å². The molecule has 7 nitrogen and oxygen atoms in total. The maximum absolute atomic E-state index is 12.2. The second-order valence-electron chi connectivity index (χ2n) is 6.20. The molecule has 2 heterocycles. The van der Waals surface area contributed by atoms with Gasteiger partial charge in [-0.1, -0.05) is 30.3 Å². The highest BCUT2D eigenvalue weighted by Gasteiger charge is 2.53. The Bertz CT molecular complexity index is 660. The lowest BCUT2D eigenvalue weighted by Crippen LogP contribution is -2.62. The first-order valence-electron chi connectivity index (χ1n) is 7.97. The maximum atomic E-state index is 12.2. The molecule has 0 radical (unpaired) electrons. The van der Waals surface area contributed by atoms with Gasteiger partial charge in [-0.25, -0.2) is 0 Å². The second-order valence-corrected chi connectivity index (χ2v) is 6.20. The Morgan fingerprint density at radius 2 is 2.22 bits per heavy atom. The first kappa shape index (κ1) is 14.3. The van der Waals surface area contributed by atoms with Gasteiger partial charge in [0.15, 0.2) is 6.33 Å². The fraction of sp³-hybridized carbons (Fsp3) is 0.500. The van der Waals surface area contributed by atoms with Gasteiger partial charge >= 0.3 is 0 Å². The fourth-order valence-corrected chi connectivity index (χ4v) is 3.79. The average molecular weight is 313 g/mol. The molecule has 1 aliphatic heterocycles. The Kier molecular flexibility index (Phi) is 3.78. The van der Waals surface area contributed by atoms with E-state index in [9.17, 15) is 4.79 Å². The molecule has 120 valence electrons. The number of rotatable bonds is 5. The Hall–Kier alpha value is -2.28. The highest BCUT2D eigenvalue weighted by molar-refractivity contribution is 5.76. The number of tetrazole rings is 1. The summed E-state index contributed by atoms with van der Waals surface area (Å²) >= 11 is 0. The minimum atomic E-state index is -0.0728. The Balaban J connectivity index is 1.42. The van der Waals surface area contributed by atoms with E-state index in [1.807, 2.05) is 18.2 Å². The van der Waals surface area contributed by atoms with Crippen LogP contribution in [0.4, 0.5) is 0 Å². The van der Waals surface area contributed by atoms with Crippen molar-refractivity contribution >= 4 is 5.91 Å². The van der Waals surface area contributed by atoms with E-state index >= 15 is 0 Å². The largest absolute Gasteiger partial charge is 0.377 e. The number of fused-ring (bicyclic) bond motifs is 1. The van der Waals surface area contributed by atoms with Gasteiger partial charge in [0.1, 0.15) is 6.54 Å². The first-order valence-corrected chi connectivity index (χ1v) is 7.97. The van der Waals surface area contributed by atoms with Crippen molar-refractivity contribution in [2.24, 2.45) is 11.8 Å². The molecule has 7 heteroatoms. The van der Waals surface area contributed by atoms with Gasteiger partial charge in [-0.05, 0) is 23.6 Å². The summed E-state index contributed by atoms with van der Waals surface area (Å²) in [6, 6.07) is 10.5. The molecule has 0 unspecified atom stereocenters. The van der Waals surface area contributed by atoms with Crippen LogP contribution in [0.5, 0.6) is 0 Å². The number of carbonyl (C=O) groups excluding carboxylic acids is 1. The lowest BCUT2D eigenvalue weighted by molar-refractivity contribution is -0.128. The van der Waals surface area contributed by atoms with Crippen LogP contribution in [0.1, 0.15) is 12.0 Å². The molecule has 1 aliphatic carbocycles. The van der Waals surface area contributed by atoms with E-state index in [4.69, 9.17) is 4.74 Å². The fourth-order valence-electron chi connectivity index (χ4n) is 3.79. The zero-order valence-electron chi connectivity index (χ0n) is 12.7. The van der Waals surface area contributed by atoms with Crippen LogP contribution < -0.4 is 5.32 Å². The van der Waals surface area contributed by atoms with Gasteiger partial charge in [-0.2, -0.15) is 4.80 Å². The highest BCUT2D eigenvalue weighted by Crippen LogP contribution is 2.45. The van der Waals surface area contributed by atoms with Crippen molar-refractivity contribution in [3.63, 3.8) is 0 Å². The summed E-state index contributed by atoms with van der Waals surface area (Å²) in [5.41, 5.74) is 1.28. The van der Waals surface area contributed by atoms with Crippen molar-refractivity contribution in [2.45, 2.75) is 31.5 Å². The molecule has 1 aromatic heterocycles. The van der Waals surface area contributed by atoms with E-state index in [-0.39, 0.29) is 24.6 Å². The molecule has 0 bridgehead atoms. The van der Waals surface area contributed by atoms with E-state index in [2.05, 4.69) is 32.9 Å². The number of amides is 1. The van der Waals surface area contributed by atoms with Gasteiger partial charge < -0.3 is 10.1 Å². The quantitative estimate of drug-likeness (QED) is 0.866. The van der Waals surface area contributed by atoms with E-state index in [0.29, 0.717) is 11.8 Å². The van der Waals surface area contributed by atoms with Crippen LogP contribution in [0.2, 0.25) is 0 Å². The monoisotopic (exact) mass is 313 g/mol. The van der Waals surface area contributed by atoms with Gasteiger partial charge in [0, 0.05) is 24.5 Å². The molecule has 4 rings (SSSR count). The third-order valence-corrected chi connectivity index (χ3v) is 4.85. The predicted molar refractivity (Wildman–Crippen MR) is 81.2 cm³/mol. The van der Waals surface area contributed by atoms with Crippen LogP contribution in [0.25, 0.3) is 0 Å². The number of nitrogens with one attached hydrogen (secondary N) is 1. The lowest BCUT2D eigenvalue weighted by atomic mass is 9.64. The van der Waals surface area contributed by atoms with Gasteiger partial charge in [0.25, 0.3) is 0 Å². The van der Waals surface area contributed by atoms with Crippen molar-refractivity contribution in [3.05, 3.63) is 42.2 Å². The molecule has 0 spiro atoms. The summed E-state index contributed by atoms with van der Waals surface area (Å²) in [6.07, 6.45) is 3.54. The van der Waals surface area contributed by atoms with Crippen LogP contribution in [0, 0.1) is 11.8 Å². The van der Waals surface area contributed by atoms with Crippen LogP contribution in [0.15, 0.2) is 36.7 Å². The number of hydrogen-bond donors (Lipinski definition) is 1. The average Bonchev–Trinajstić information content (AvgIpc) is 3.21. The van der Waals surface area contributed by atoms with Crippen molar-refractivity contribution in [2.75, 3.05) is 6.61 Å². The molecule has 23 heavy (non-hydrogen) atoms. The number of benzene rings is 1. The SMILES string of the molecule is O=C(Cn1ncnn1)N[C@@H]1[C@H]2CCO[C@H]2[C@H]1Cc1ccccc1. The number of nitrogens with zero attached hydrogens (tertiary/aromatic N) is 4. The highest BCUT2D eigenvalue weighted by atomic mass is 16.5. The van der Waals surface area contributed by atoms with Gasteiger partial charge in [-0.3, -0.25) is 4.79 Å². The molecule has 4 atom stereocenters. The molecule has 2 aromatic rings. The summed E-state index contributed by atoms with van der Waals surface area (Å²) in [5, 5.41) is 14.4. The molecular weight excluding hydrogens is 294 g/mol. The van der Waals surface area contributed by atoms with Crippen molar-refractivity contribution < 1.29 is 9.53 Å². The number of carbonyl (C=O) groups is 1. The molecule has 1 N–H and O–H groups in total. The van der Waals surface area contributed by atoms with Crippen molar-refractivity contribution in [3.8, 4) is 0 Å². The molecule has 1 aromatic carbocycles. The van der Waals surface area contributed by atoms with Crippen LogP contribution in [0.3, 0.4) is 0 Å². The Morgan fingerprint density at radius 3 is 3.00 bits per heavy atom. The third-order valence-electron chi connectivity index (χ3n) is 4.85. The zero-order valence-corrected chi connectivity index (χ0v) is 12.7. The van der Waals surface area contributed by atoms with E-state index in [1.54, 1.807) is 0 Å². The Labute approximate surface area is 134 Å². The summed E-state index contributed by atoms with van der Waals surface area (Å²) in [6.45, 7) is 0.893. The lowest BCUT2D eigenvalue weighted by Gasteiger charge is -2.48. The van der Waals surface area contributed by atoms with E-state index in [1.165, 1.54) is 16.7 Å². The number of ether oxygens (including phenoxy) is 1. The van der Waals surface area contributed by atoms with E-state index < -0.39 is 0 Å². The second kappa shape index (κ2) is 6.08. The van der Waals surface area contributed by atoms with Gasteiger partial charge in [0.05, 0.1) is 6.10 Å². The molecule has 1 amide bonds. The van der Waals surface area contributed by atoms with Crippen LogP contribution in [-0.4, -0.2) is 44.9 Å². The molecular formula is C16H19N5O2. The maximum Gasteiger partial charge on any atom is 0.243 e. The third kappa shape index (κ3) is 2.84. The molecule has 2 aliphatic rings. The van der Waals surface area contributed by atoms with Crippen LogP contribution >= 0.6 is 0 Å². The Morgan fingerprint density at radius 1 is 1.35 bits per heavy atom. The topological polar surface area (TPSA) is 81.9 Å². The molecule has 2 fully saturated rings. The summed E-state index contributed by atoms with van der Waals surface area (Å²) in [5.74, 6) is 0.685. The smallest absolute Gasteiger partial charge is 0.243 e.